The Bertz CT molecular complexity index is 476. The minimum absolute atomic E-state index is 0.436. The predicted molar refractivity (Wildman–Crippen MR) is 73.5 cm³/mol. The zero-order chi connectivity index (χ0) is 13.3. The summed E-state index contributed by atoms with van der Waals surface area (Å²) in [5.41, 5.74) is 1.34. The van der Waals surface area contributed by atoms with Crippen LogP contribution in [-0.4, -0.2) is 17.2 Å². The first-order chi connectivity index (χ1) is 9.19. The topological polar surface area (TPSA) is 56.0 Å². The van der Waals surface area contributed by atoms with Gasteiger partial charge < -0.3 is 10.4 Å². The third-order valence-corrected chi connectivity index (χ3v) is 4.52. The molecule has 0 saturated carbocycles. The van der Waals surface area contributed by atoms with Crippen LogP contribution in [0.15, 0.2) is 24.3 Å². The first-order valence-corrected chi connectivity index (χ1v) is 7.14. The summed E-state index contributed by atoms with van der Waals surface area (Å²) in [6.07, 6.45) is 5.67. The molecule has 2 bridgehead atoms. The molecular formula is C16H20N2O. The van der Waals surface area contributed by atoms with Gasteiger partial charge in [0.05, 0.1) is 18.1 Å². The van der Waals surface area contributed by atoms with Gasteiger partial charge in [-0.25, -0.2) is 0 Å². The number of aliphatic hydroxyl groups is 1. The van der Waals surface area contributed by atoms with Crippen molar-refractivity contribution in [3.63, 3.8) is 0 Å². The molecular weight excluding hydrogens is 236 g/mol. The lowest BCUT2D eigenvalue weighted by molar-refractivity contribution is -0.0358. The standard InChI is InChI=1S/C16H20N2O/c17-9-8-12-4-6-13(7-5-12)16(19)10-14-2-1-3-15(11-16)18-14/h4-7,14-15,18-19H,1-3,8,10-11H2. The molecule has 3 heteroatoms. The molecule has 100 valence electrons. The van der Waals surface area contributed by atoms with Crippen LogP contribution in [0.3, 0.4) is 0 Å². The summed E-state index contributed by atoms with van der Waals surface area (Å²) in [4.78, 5) is 0. The van der Waals surface area contributed by atoms with Crippen LogP contribution in [0.5, 0.6) is 0 Å². The molecule has 2 atom stereocenters. The molecule has 2 saturated heterocycles. The summed E-state index contributed by atoms with van der Waals surface area (Å²) >= 11 is 0. The molecule has 3 nitrogen and oxygen atoms in total. The third kappa shape index (κ3) is 2.51. The number of fused-ring (bicyclic) bond motifs is 2. The Labute approximate surface area is 114 Å². The molecule has 0 aromatic heterocycles. The highest BCUT2D eigenvalue weighted by atomic mass is 16.3. The lowest BCUT2D eigenvalue weighted by atomic mass is 9.74. The van der Waals surface area contributed by atoms with Crippen LogP contribution in [0.4, 0.5) is 0 Å². The van der Waals surface area contributed by atoms with E-state index in [9.17, 15) is 5.11 Å². The van der Waals surface area contributed by atoms with Crippen molar-refractivity contribution < 1.29 is 5.11 Å². The van der Waals surface area contributed by atoms with E-state index in [2.05, 4.69) is 11.4 Å². The zero-order valence-electron chi connectivity index (χ0n) is 11.1. The Morgan fingerprint density at radius 3 is 2.42 bits per heavy atom. The average molecular weight is 256 g/mol. The van der Waals surface area contributed by atoms with Crippen LogP contribution in [-0.2, 0) is 12.0 Å². The van der Waals surface area contributed by atoms with Gasteiger partial charge in [-0.15, -0.1) is 0 Å². The summed E-state index contributed by atoms with van der Waals surface area (Å²) in [5.74, 6) is 0. The van der Waals surface area contributed by atoms with E-state index in [4.69, 9.17) is 5.26 Å². The molecule has 2 fully saturated rings. The second-order valence-corrected chi connectivity index (χ2v) is 5.96. The van der Waals surface area contributed by atoms with Crippen molar-refractivity contribution in [3.8, 4) is 6.07 Å². The van der Waals surface area contributed by atoms with Gasteiger partial charge in [0.15, 0.2) is 0 Å². The maximum Gasteiger partial charge on any atom is 0.0926 e. The molecule has 0 amide bonds. The van der Waals surface area contributed by atoms with E-state index in [1.165, 1.54) is 19.3 Å². The minimum Gasteiger partial charge on any atom is -0.385 e. The Kier molecular flexibility index (Phi) is 3.30. The summed E-state index contributed by atoms with van der Waals surface area (Å²) in [5, 5.41) is 23.3. The van der Waals surface area contributed by atoms with Gasteiger partial charge >= 0.3 is 0 Å². The van der Waals surface area contributed by atoms with Crippen molar-refractivity contribution in [2.45, 2.75) is 56.2 Å². The fourth-order valence-corrected chi connectivity index (χ4v) is 3.59. The van der Waals surface area contributed by atoms with E-state index in [0.29, 0.717) is 18.5 Å². The Balaban J connectivity index is 1.82. The van der Waals surface area contributed by atoms with Gasteiger partial charge in [0.2, 0.25) is 0 Å². The number of nitriles is 1. The number of nitrogens with zero attached hydrogens (tertiary/aromatic N) is 1. The molecule has 2 aliphatic heterocycles. The van der Waals surface area contributed by atoms with Crippen molar-refractivity contribution in [1.82, 2.24) is 5.32 Å². The number of piperidine rings is 2. The van der Waals surface area contributed by atoms with Gasteiger partial charge in [0, 0.05) is 12.1 Å². The van der Waals surface area contributed by atoms with E-state index >= 15 is 0 Å². The van der Waals surface area contributed by atoms with Crippen molar-refractivity contribution in [2.75, 3.05) is 0 Å². The molecule has 1 aromatic rings. The number of hydrogen-bond acceptors (Lipinski definition) is 3. The van der Waals surface area contributed by atoms with Crippen LogP contribution >= 0.6 is 0 Å². The maximum absolute atomic E-state index is 11.0. The van der Waals surface area contributed by atoms with Crippen molar-refractivity contribution >= 4 is 0 Å². The number of nitrogens with one attached hydrogen (secondary N) is 1. The quantitative estimate of drug-likeness (QED) is 0.853. The van der Waals surface area contributed by atoms with Crippen molar-refractivity contribution in [1.29, 1.82) is 5.26 Å². The largest absolute Gasteiger partial charge is 0.385 e. The van der Waals surface area contributed by atoms with Crippen LogP contribution in [0.2, 0.25) is 0 Å². The Morgan fingerprint density at radius 1 is 1.21 bits per heavy atom. The summed E-state index contributed by atoms with van der Waals surface area (Å²) in [6, 6.07) is 11.0. The fourth-order valence-electron chi connectivity index (χ4n) is 3.59. The van der Waals surface area contributed by atoms with E-state index in [1.807, 2.05) is 24.3 Å². The molecule has 1 aromatic carbocycles. The second kappa shape index (κ2) is 4.96. The molecule has 0 radical (unpaired) electrons. The van der Waals surface area contributed by atoms with Gasteiger partial charge in [0.25, 0.3) is 0 Å². The number of rotatable bonds is 2. The van der Waals surface area contributed by atoms with Crippen LogP contribution in [0, 0.1) is 11.3 Å². The van der Waals surface area contributed by atoms with Crippen LogP contribution in [0.25, 0.3) is 0 Å². The molecule has 2 heterocycles. The predicted octanol–water partition coefficient (Wildman–Crippen LogP) is 2.24. The van der Waals surface area contributed by atoms with Gasteiger partial charge in [0.1, 0.15) is 0 Å². The van der Waals surface area contributed by atoms with Crippen LogP contribution in [0.1, 0.15) is 43.2 Å². The number of hydrogen-bond donors (Lipinski definition) is 2. The summed E-state index contributed by atoms with van der Waals surface area (Å²) < 4.78 is 0. The number of benzene rings is 1. The molecule has 3 rings (SSSR count). The zero-order valence-corrected chi connectivity index (χ0v) is 11.1. The van der Waals surface area contributed by atoms with Gasteiger partial charge in [-0.1, -0.05) is 30.7 Å². The van der Waals surface area contributed by atoms with E-state index in [0.717, 1.165) is 24.0 Å². The Morgan fingerprint density at radius 2 is 1.84 bits per heavy atom. The lowest BCUT2D eigenvalue weighted by Crippen LogP contribution is -2.54. The molecule has 19 heavy (non-hydrogen) atoms. The monoisotopic (exact) mass is 256 g/mol. The maximum atomic E-state index is 11.0. The van der Waals surface area contributed by atoms with Gasteiger partial charge in [-0.3, -0.25) is 0 Å². The van der Waals surface area contributed by atoms with Crippen LogP contribution < -0.4 is 5.32 Å². The first kappa shape index (κ1) is 12.7. The molecule has 2 aliphatic rings. The van der Waals surface area contributed by atoms with Gasteiger partial charge in [-0.05, 0) is 36.8 Å². The molecule has 2 unspecified atom stereocenters. The van der Waals surface area contributed by atoms with E-state index in [1.54, 1.807) is 0 Å². The summed E-state index contributed by atoms with van der Waals surface area (Å²) in [7, 11) is 0. The van der Waals surface area contributed by atoms with E-state index in [-0.39, 0.29) is 0 Å². The lowest BCUT2D eigenvalue weighted by Gasteiger charge is -2.45. The van der Waals surface area contributed by atoms with Crippen molar-refractivity contribution in [2.24, 2.45) is 0 Å². The SMILES string of the molecule is N#CCc1ccc(C2(O)CC3CCCC(C2)N3)cc1. The second-order valence-electron chi connectivity index (χ2n) is 5.96. The minimum atomic E-state index is -0.688. The average Bonchev–Trinajstić information content (AvgIpc) is 2.39. The highest BCUT2D eigenvalue weighted by Crippen LogP contribution is 2.39. The molecule has 0 aliphatic carbocycles. The normalized spacial score (nSPS) is 33.7. The smallest absolute Gasteiger partial charge is 0.0926 e. The van der Waals surface area contributed by atoms with Gasteiger partial charge in [-0.2, -0.15) is 5.26 Å². The highest BCUT2D eigenvalue weighted by Gasteiger charge is 2.41. The van der Waals surface area contributed by atoms with Crippen molar-refractivity contribution in [3.05, 3.63) is 35.4 Å². The molecule has 0 spiro atoms. The third-order valence-electron chi connectivity index (χ3n) is 4.52. The molecule has 2 N–H and O–H groups in total. The Hall–Kier alpha value is -1.37. The first-order valence-electron chi connectivity index (χ1n) is 7.14. The van der Waals surface area contributed by atoms with E-state index < -0.39 is 5.60 Å². The highest BCUT2D eigenvalue weighted by molar-refractivity contribution is 5.29. The fraction of sp³-hybridized carbons (Fsp3) is 0.562. The summed E-state index contributed by atoms with van der Waals surface area (Å²) in [6.45, 7) is 0.